The molecule has 0 saturated carbocycles. The number of carbonyl (C=O) groups is 2. The number of hydrogen-bond acceptors (Lipinski definition) is 2. The number of ketones is 1. The molecule has 1 rings (SSSR count). The summed E-state index contributed by atoms with van der Waals surface area (Å²) in [4.78, 5) is 22.3. The maximum atomic E-state index is 13.0. The molecule has 0 bridgehead atoms. The van der Waals surface area contributed by atoms with E-state index in [1.807, 2.05) is 0 Å². The van der Waals surface area contributed by atoms with Crippen LogP contribution in [-0.4, -0.2) is 16.9 Å². The lowest BCUT2D eigenvalue weighted by atomic mass is 9.96. The van der Waals surface area contributed by atoms with E-state index in [0.717, 1.165) is 0 Å². The van der Waals surface area contributed by atoms with E-state index in [-0.39, 0.29) is 30.4 Å². The number of carbonyl (C=O) groups excluding carboxylic acids is 1. The normalized spacial score (nSPS) is 12.2. The van der Waals surface area contributed by atoms with Gasteiger partial charge in [0.25, 0.3) is 0 Å². The van der Waals surface area contributed by atoms with Crippen LogP contribution in [0.15, 0.2) is 18.2 Å². The van der Waals surface area contributed by atoms with E-state index >= 15 is 0 Å². The number of halogens is 1. The Kier molecular flexibility index (Phi) is 4.37. The molecule has 92 valence electrons. The molecule has 1 N–H and O–H groups in total. The van der Waals surface area contributed by atoms with Gasteiger partial charge in [-0.1, -0.05) is 6.92 Å². The lowest BCUT2D eigenvalue weighted by molar-refractivity contribution is -0.137. The Bertz CT molecular complexity index is 440. The van der Waals surface area contributed by atoms with E-state index in [2.05, 4.69) is 0 Å². The Labute approximate surface area is 99.3 Å². The number of Topliss-reactive ketones (excluding diaryl/α,β-unsaturated/α-hetero) is 1. The highest BCUT2D eigenvalue weighted by Crippen LogP contribution is 2.15. The molecule has 1 atom stereocenters. The van der Waals surface area contributed by atoms with E-state index in [4.69, 9.17) is 5.11 Å². The Morgan fingerprint density at radius 3 is 2.53 bits per heavy atom. The molecule has 0 aliphatic carbocycles. The van der Waals surface area contributed by atoms with Crippen molar-refractivity contribution < 1.29 is 19.1 Å². The minimum absolute atomic E-state index is 0.0358. The van der Waals surface area contributed by atoms with Crippen LogP contribution < -0.4 is 0 Å². The molecule has 3 nitrogen and oxygen atoms in total. The van der Waals surface area contributed by atoms with Crippen LogP contribution in [0.2, 0.25) is 0 Å². The first-order chi connectivity index (χ1) is 7.90. The average molecular weight is 238 g/mol. The summed E-state index contributed by atoms with van der Waals surface area (Å²) < 4.78 is 13.0. The number of aliphatic carboxylic acids is 1. The van der Waals surface area contributed by atoms with Crippen molar-refractivity contribution in [2.75, 3.05) is 0 Å². The summed E-state index contributed by atoms with van der Waals surface area (Å²) in [5.41, 5.74) is 0.850. The summed E-state index contributed by atoms with van der Waals surface area (Å²) in [6.45, 7) is 3.30. The molecule has 17 heavy (non-hydrogen) atoms. The molecule has 1 aromatic rings. The predicted octanol–water partition coefficient (Wildman–Crippen LogP) is 2.82. The van der Waals surface area contributed by atoms with Crippen molar-refractivity contribution in [3.8, 4) is 0 Å². The van der Waals surface area contributed by atoms with Crippen LogP contribution in [0.1, 0.15) is 35.7 Å². The van der Waals surface area contributed by atoms with Gasteiger partial charge in [-0.25, -0.2) is 4.39 Å². The van der Waals surface area contributed by atoms with Gasteiger partial charge in [-0.15, -0.1) is 0 Å². The highest BCUT2D eigenvalue weighted by atomic mass is 19.1. The van der Waals surface area contributed by atoms with Crippen LogP contribution in [0.25, 0.3) is 0 Å². The third kappa shape index (κ3) is 3.98. The SMILES string of the molecule is Cc1cc(C(=O)C[C@@H](C)CC(=O)O)ccc1F. The van der Waals surface area contributed by atoms with Gasteiger partial charge >= 0.3 is 5.97 Å². The number of carboxylic acids is 1. The number of rotatable bonds is 5. The Morgan fingerprint density at radius 1 is 1.35 bits per heavy atom. The minimum atomic E-state index is -0.916. The second-order valence-corrected chi connectivity index (χ2v) is 4.29. The Hall–Kier alpha value is -1.71. The van der Waals surface area contributed by atoms with Crippen molar-refractivity contribution in [1.82, 2.24) is 0 Å². The summed E-state index contributed by atoms with van der Waals surface area (Å²) in [5.74, 6) is -1.63. The quantitative estimate of drug-likeness (QED) is 0.802. The van der Waals surface area contributed by atoms with Crippen LogP contribution in [-0.2, 0) is 4.79 Å². The molecule has 0 amide bonds. The summed E-state index contributed by atoms with van der Waals surface area (Å²) in [6, 6.07) is 4.17. The van der Waals surface area contributed by atoms with Gasteiger partial charge in [-0.05, 0) is 36.6 Å². The molecule has 0 saturated heterocycles. The largest absolute Gasteiger partial charge is 0.481 e. The molecule has 0 aliphatic rings. The van der Waals surface area contributed by atoms with Gasteiger partial charge in [-0.2, -0.15) is 0 Å². The lowest BCUT2D eigenvalue weighted by Crippen LogP contribution is -2.10. The second-order valence-electron chi connectivity index (χ2n) is 4.29. The first kappa shape index (κ1) is 13.4. The molecule has 4 heteroatoms. The fourth-order valence-electron chi connectivity index (χ4n) is 1.62. The average Bonchev–Trinajstić information content (AvgIpc) is 2.20. The molecule has 0 aliphatic heterocycles. The van der Waals surface area contributed by atoms with E-state index in [1.165, 1.54) is 18.2 Å². The van der Waals surface area contributed by atoms with E-state index in [0.29, 0.717) is 11.1 Å². The third-order valence-corrected chi connectivity index (χ3v) is 2.54. The van der Waals surface area contributed by atoms with Crippen LogP contribution in [0.4, 0.5) is 4.39 Å². The lowest BCUT2D eigenvalue weighted by Gasteiger charge is -2.08. The second kappa shape index (κ2) is 5.57. The highest BCUT2D eigenvalue weighted by molar-refractivity contribution is 5.96. The van der Waals surface area contributed by atoms with Gasteiger partial charge in [0.1, 0.15) is 5.82 Å². The molecule has 0 unspecified atom stereocenters. The van der Waals surface area contributed by atoms with Gasteiger partial charge < -0.3 is 5.11 Å². The summed E-state index contributed by atoms with van der Waals surface area (Å²) in [7, 11) is 0. The number of benzene rings is 1. The maximum absolute atomic E-state index is 13.0. The molecular formula is C13H15FO3. The van der Waals surface area contributed by atoms with Gasteiger partial charge in [0.2, 0.25) is 0 Å². The molecule has 0 fully saturated rings. The zero-order valence-corrected chi connectivity index (χ0v) is 9.87. The monoisotopic (exact) mass is 238 g/mol. The van der Waals surface area contributed by atoms with E-state index < -0.39 is 5.97 Å². The van der Waals surface area contributed by atoms with Crippen molar-refractivity contribution in [2.45, 2.75) is 26.7 Å². The van der Waals surface area contributed by atoms with Crippen LogP contribution in [0, 0.1) is 18.7 Å². The van der Waals surface area contributed by atoms with Crippen molar-refractivity contribution in [1.29, 1.82) is 0 Å². The Balaban J connectivity index is 2.70. The molecule has 0 aromatic heterocycles. The number of aryl methyl sites for hydroxylation is 1. The van der Waals surface area contributed by atoms with Gasteiger partial charge in [-0.3, -0.25) is 9.59 Å². The third-order valence-electron chi connectivity index (χ3n) is 2.54. The smallest absolute Gasteiger partial charge is 0.303 e. The summed E-state index contributed by atoms with van der Waals surface area (Å²) >= 11 is 0. The van der Waals surface area contributed by atoms with Gasteiger partial charge in [0.15, 0.2) is 5.78 Å². The zero-order valence-electron chi connectivity index (χ0n) is 9.87. The van der Waals surface area contributed by atoms with Crippen molar-refractivity contribution in [3.05, 3.63) is 35.1 Å². The highest BCUT2D eigenvalue weighted by Gasteiger charge is 2.14. The number of hydrogen-bond donors (Lipinski definition) is 1. The fraction of sp³-hybridized carbons (Fsp3) is 0.385. The van der Waals surface area contributed by atoms with Crippen molar-refractivity contribution in [3.63, 3.8) is 0 Å². The van der Waals surface area contributed by atoms with Crippen LogP contribution in [0.5, 0.6) is 0 Å². The first-order valence-corrected chi connectivity index (χ1v) is 5.41. The first-order valence-electron chi connectivity index (χ1n) is 5.41. The number of carboxylic acid groups (broad SMARTS) is 1. The fourth-order valence-corrected chi connectivity index (χ4v) is 1.62. The molecule has 1 aromatic carbocycles. The topological polar surface area (TPSA) is 54.4 Å². The molecule has 0 spiro atoms. The molecule has 0 heterocycles. The standard InChI is InChI=1S/C13H15FO3/c1-8(6-13(16)17)5-12(15)10-3-4-11(14)9(2)7-10/h3-4,7-8H,5-6H2,1-2H3,(H,16,17)/t8-/m1/s1. The van der Waals surface area contributed by atoms with Crippen LogP contribution >= 0.6 is 0 Å². The van der Waals surface area contributed by atoms with Crippen molar-refractivity contribution in [2.24, 2.45) is 5.92 Å². The van der Waals surface area contributed by atoms with E-state index in [1.54, 1.807) is 13.8 Å². The summed E-state index contributed by atoms with van der Waals surface area (Å²) in [6.07, 6.45) is 0.128. The van der Waals surface area contributed by atoms with Gasteiger partial charge in [0, 0.05) is 18.4 Å². The van der Waals surface area contributed by atoms with Crippen LogP contribution in [0.3, 0.4) is 0 Å². The van der Waals surface area contributed by atoms with E-state index in [9.17, 15) is 14.0 Å². The van der Waals surface area contributed by atoms with Gasteiger partial charge in [0.05, 0.1) is 0 Å². The predicted molar refractivity (Wildman–Crippen MR) is 61.5 cm³/mol. The Morgan fingerprint density at radius 2 is 2.00 bits per heavy atom. The zero-order chi connectivity index (χ0) is 13.0. The van der Waals surface area contributed by atoms with Crippen molar-refractivity contribution >= 4 is 11.8 Å². The molecule has 0 radical (unpaired) electrons. The summed E-state index contributed by atoms with van der Waals surface area (Å²) in [5, 5.41) is 8.59. The molecular weight excluding hydrogens is 223 g/mol. The maximum Gasteiger partial charge on any atom is 0.303 e. The minimum Gasteiger partial charge on any atom is -0.481 e.